The van der Waals surface area contributed by atoms with Crippen molar-refractivity contribution < 1.29 is 22.8 Å². The van der Waals surface area contributed by atoms with E-state index in [2.05, 4.69) is 10.3 Å². The summed E-state index contributed by atoms with van der Waals surface area (Å²) in [7, 11) is 1.68. The predicted molar refractivity (Wildman–Crippen MR) is 87.9 cm³/mol. The molecular formula is C17H19F3N4O2. The maximum Gasteiger partial charge on any atom is 0.416 e. The summed E-state index contributed by atoms with van der Waals surface area (Å²) >= 11 is 0. The van der Waals surface area contributed by atoms with Crippen molar-refractivity contribution in [1.29, 1.82) is 0 Å². The summed E-state index contributed by atoms with van der Waals surface area (Å²) in [5.41, 5.74) is 0.0121. The lowest BCUT2D eigenvalue weighted by molar-refractivity contribution is -0.137. The standard InChI is InChI=1S/C17H19F3N4O2/c1-3-24-9-10(6-15(24)25)16(26)21-8-14-22-12-7-11(17(18,19)20)4-5-13(12)23(14)2/h4-5,7,10H,3,6,8-9H2,1-2H3,(H,21,26). The number of hydrogen-bond acceptors (Lipinski definition) is 3. The Morgan fingerprint density at radius 3 is 2.73 bits per heavy atom. The van der Waals surface area contributed by atoms with Gasteiger partial charge in [0.05, 0.1) is 29.1 Å². The van der Waals surface area contributed by atoms with Crippen LogP contribution < -0.4 is 5.32 Å². The molecule has 6 nitrogen and oxygen atoms in total. The number of hydrogen-bond donors (Lipinski definition) is 1. The van der Waals surface area contributed by atoms with E-state index in [1.54, 1.807) is 16.5 Å². The Hall–Kier alpha value is -2.58. The molecular weight excluding hydrogens is 349 g/mol. The summed E-state index contributed by atoms with van der Waals surface area (Å²) in [6.45, 7) is 2.89. The molecule has 0 aliphatic carbocycles. The van der Waals surface area contributed by atoms with Crippen molar-refractivity contribution in [3.05, 3.63) is 29.6 Å². The second-order valence-electron chi connectivity index (χ2n) is 6.34. The number of halogens is 3. The van der Waals surface area contributed by atoms with Crippen LogP contribution in [0.3, 0.4) is 0 Å². The van der Waals surface area contributed by atoms with E-state index in [0.29, 0.717) is 24.4 Å². The van der Waals surface area contributed by atoms with E-state index in [1.807, 2.05) is 6.92 Å². The average molecular weight is 368 g/mol. The fraction of sp³-hybridized carbons (Fsp3) is 0.471. The first kappa shape index (κ1) is 18.2. The third-order valence-corrected chi connectivity index (χ3v) is 4.69. The zero-order valence-electron chi connectivity index (χ0n) is 14.4. The van der Waals surface area contributed by atoms with Gasteiger partial charge in [-0.2, -0.15) is 13.2 Å². The van der Waals surface area contributed by atoms with Crippen LogP contribution >= 0.6 is 0 Å². The number of imidazole rings is 1. The van der Waals surface area contributed by atoms with Crippen molar-refractivity contribution in [3.8, 4) is 0 Å². The number of carbonyl (C=O) groups excluding carboxylic acids is 2. The van der Waals surface area contributed by atoms with E-state index in [-0.39, 0.29) is 30.3 Å². The molecule has 1 aliphatic heterocycles. The molecule has 1 aromatic carbocycles. The van der Waals surface area contributed by atoms with E-state index in [0.717, 1.165) is 12.1 Å². The van der Waals surface area contributed by atoms with Crippen molar-refractivity contribution in [2.75, 3.05) is 13.1 Å². The molecule has 0 spiro atoms. The normalized spacial score (nSPS) is 18.0. The van der Waals surface area contributed by atoms with Gasteiger partial charge in [0.2, 0.25) is 11.8 Å². The topological polar surface area (TPSA) is 67.2 Å². The SMILES string of the molecule is CCN1CC(C(=O)NCc2nc3cc(C(F)(F)F)ccc3n2C)CC1=O. The zero-order valence-corrected chi connectivity index (χ0v) is 14.4. The van der Waals surface area contributed by atoms with Gasteiger partial charge in [-0.15, -0.1) is 0 Å². The molecule has 1 saturated heterocycles. The Morgan fingerprint density at radius 1 is 1.38 bits per heavy atom. The maximum absolute atomic E-state index is 12.8. The summed E-state index contributed by atoms with van der Waals surface area (Å²) in [6.07, 6.45) is -4.25. The van der Waals surface area contributed by atoms with Crippen LogP contribution in [0.2, 0.25) is 0 Å². The van der Waals surface area contributed by atoms with E-state index in [1.165, 1.54) is 6.07 Å². The van der Waals surface area contributed by atoms with Crippen LogP contribution in [0, 0.1) is 5.92 Å². The smallest absolute Gasteiger partial charge is 0.349 e. The molecule has 1 unspecified atom stereocenters. The van der Waals surface area contributed by atoms with Crippen LogP contribution in [0.4, 0.5) is 13.2 Å². The summed E-state index contributed by atoms with van der Waals surface area (Å²) in [4.78, 5) is 29.8. The number of amides is 2. The van der Waals surface area contributed by atoms with Crippen molar-refractivity contribution in [1.82, 2.24) is 19.8 Å². The highest BCUT2D eigenvalue weighted by Crippen LogP contribution is 2.31. The molecule has 0 bridgehead atoms. The minimum Gasteiger partial charge on any atom is -0.349 e. The highest BCUT2D eigenvalue weighted by atomic mass is 19.4. The van der Waals surface area contributed by atoms with Gasteiger partial charge in [-0.1, -0.05) is 0 Å². The van der Waals surface area contributed by atoms with Crippen molar-refractivity contribution in [2.24, 2.45) is 13.0 Å². The molecule has 140 valence electrons. The maximum atomic E-state index is 12.8. The molecule has 0 radical (unpaired) electrons. The van der Waals surface area contributed by atoms with Gasteiger partial charge in [0, 0.05) is 26.6 Å². The van der Waals surface area contributed by atoms with Crippen LogP contribution in [0.5, 0.6) is 0 Å². The largest absolute Gasteiger partial charge is 0.416 e. The summed E-state index contributed by atoms with van der Waals surface area (Å²) in [6, 6.07) is 3.37. The van der Waals surface area contributed by atoms with Gasteiger partial charge in [-0.25, -0.2) is 4.98 Å². The number of alkyl halides is 3. The minimum atomic E-state index is -4.43. The first-order valence-corrected chi connectivity index (χ1v) is 8.28. The number of nitrogens with zero attached hydrogens (tertiary/aromatic N) is 3. The van der Waals surface area contributed by atoms with Crippen LogP contribution in [0.15, 0.2) is 18.2 Å². The molecule has 1 fully saturated rings. The lowest BCUT2D eigenvalue weighted by atomic mass is 10.1. The van der Waals surface area contributed by atoms with Crippen LogP contribution in [-0.4, -0.2) is 39.4 Å². The number of rotatable bonds is 4. The van der Waals surface area contributed by atoms with Gasteiger partial charge in [0.15, 0.2) is 0 Å². The van der Waals surface area contributed by atoms with Gasteiger partial charge < -0.3 is 14.8 Å². The Bertz CT molecular complexity index is 860. The average Bonchev–Trinajstić information content (AvgIpc) is 3.12. The van der Waals surface area contributed by atoms with Gasteiger partial charge in [-0.05, 0) is 25.1 Å². The monoisotopic (exact) mass is 368 g/mol. The number of benzene rings is 1. The molecule has 1 aliphatic rings. The fourth-order valence-electron chi connectivity index (χ4n) is 3.15. The first-order valence-electron chi connectivity index (χ1n) is 8.28. The van der Waals surface area contributed by atoms with Gasteiger partial charge in [0.25, 0.3) is 0 Å². The second kappa shape index (κ2) is 6.62. The molecule has 1 N–H and O–H groups in total. The van der Waals surface area contributed by atoms with Crippen molar-refractivity contribution >= 4 is 22.8 Å². The number of aryl methyl sites for hydroxylation is 1. The molecule has 2 amide bonds. The third kappa shape index (κ3) is 3.38. The molecule has 3 rings (SSSR count). The van der Waals surface area contributed by atoms with Crippen LogP contribution in [0.25, 0.3) is 11.0 Å². The molecule has 2 aromatic rings. The van der Waals surface area contributed by atoms with Gasteiger partial charge in [0.1, 0.15) is 5.82 Å². The Morgan fingerprint density at radius 2 is 2.12 bits per heavy atom. The molecule has 9 heteroatoms. The van der Waals surface area contributed by atoms with E-state index in [4.69, 9.17) is 0 Å². The predicted octanol–water partition coefficient (Wildman–Crippen LogP) is 2.08. The molecule has 1 atom stereocenters. The molecule has 2 heterocycles. The lowest BCUT2D eigenvalue weighted by Gasteiger charge is -2.13. The second-order valence-corrected chi connectivity index (χ2v) is 6.34. The zero-order chi connectivity index (χ0) is 19.1. The third-order valence-electron chi connectivity index (χ3n) is 4.69. The minimum absolute atomic E-state index is 0.0462. The Labute approximate surface area is 148 Å². The van der Waals surface area contributed by atoms with Gasteiger partial charge >= 0.3 is 6.18 Å². The number of nitrogens with one attached hydrogen (secondary N) is 1. The van der Waals surface area contributed by atoms with E-state index in [9.17, 15) is 22.8 Å². The quantitative estimate of drug-likeness (QED) is 0.899. The molecule has 26 heavy (non-hydrogen) atoms. The van der Waals surface area contributed by atoms with E-state index < -0.39 is 17.7 Å². The number of aromatic nitrogens is 2. The number of fused-ring (bicyclic) bond motifs is 1. The lowest BCUT2D eigenvalue weighted by Crippen LogP contribution is -2.33. The summed E-state index contributed by atoms with van der Waals surface area (Å²) in [5, 5.41) is 2.73. The summed E-state index contributed by atoms with van der Waals surface area (Å²) < 4.78 is 40.1. The Balaban J connectivity index is 1.72. The molecule has 1 aromatic heterocycles. The van der Waals surface area contributed by atoms with Crippen molar-refractivity contribution in [3.63, 3.8) is 0 Å². The number of carbonyl (C=O) groups is 2. The van der Waals surface area contributed by atoms with Gasteiger partial charge in [-0.3, -0.25) is 9.59 Å². The van der Waals surface area contributed by atoms with Crippen molar-refractivity contribution in [2.45, 2.75) is 26.1 Å². The first-order chi connectivity index (χ1) is 12.2. The highest BCUT2D eigenvalue weighted by Gasteiger charge is 2.33. The molecule has 0 saturated carbocycles. The van der Waals surface area contributed by atoms with E-state index >= 15 is 0 Å². The Kier molecular flexibility index (Phi) is 4.64. The van der Waals surface area contributed by atoms with Crippen LogP contribution in [0.1, 0.15) is 24.7 Å². The fourth-order valence-corrected chi connectivity index (χ4v) is 3.15. The number of likely N-dealkylation sites (tertiary alicyclic amines) is 1. The summed E-state index contributed by atoms with van der Waals surface area (Å²) in [5.74, 6) is -0.259. The van der Waals surface area contributed by atoms with Crippen LogP contribution in [-0.2, 0) is 29.4 Å². The highest BCUT2D eigenvalue weighted by molar-refractivity contribution is 5.89.